The molecule has 5 nitrogen and oxygen atoms in total. The summed E-state index contributed by atoms with van der Waals surface area (Å²) < 4.78 is 0. The highest BCUT2D eigenvalue weighted by atomic mass is 127. The third kappa shape index (κ3) is 10.4. The van der Waals surface area contributed by atoms with Gasteiger partial charge in [0, 0.05) is 38.8 Å². The van der Waals surface area contributed by atoms with E-state index in [0.29, 0.717) is 5.92 Å². The van der Waals surface area contributed by atoms with Crippen molar-refractivity contribution in [1.29, 1.82) is 0 Å². The quantitative estimate of drug-likeness (QED) is 0.248. The molecule has 1 fully saturated rings. The number of hydrogen-bond donors (Lipinski definition) is 3. The highest BCUT2D eigenvalue weighted by Crippen LogP contribution is 2.25. The van der Waals surface area contributed by atoms with Crippen molar-refractivity contribution in [2.75, 3.05) is 39.3 Å². The monoisotopic (exact) mass is 440 g/mol. The first-order valence-corrected chi connectivity index (χ1v) is 9.12. The zero-order valence-electron chi connectivity index (χ0n) is 15.2. The highest BCUT2D eigenvalue weighted by molar-refractivity contribution is 14.0. The van der Waals surface area contributed by atoms with Crippen LogP contribution in [0.25, 0.3) is 0 Å². The minimum Gasteiger partial charge on any atom is -0.396 e. The van der Waals surface area contributed by atoms with Gasteiger partial charge in [0.25, 0.3) is 0 Å². The van der Waals surface area contributed by atoms with Gasteiger partial charge in [-0.15, -0.1) is 24.0 Å². The van der Waals surface area contributed by atoms with Crippen LogP contribution in [0, 0.1) is 5.92 Å². The Labute approximate surface area is 159 Å². The summed E-state index contributed by atoms with van der Waals surface area (Å²) in [6.07, 6.45) is 5.86. The number of guanidine groups is 1. The molecule has 1 aliphatic carbocycles. The molecule has 1 saturated carbocycles. The fourth-order valence-electron chi connectivity index (χ4n) is 2.84. The van der Waals surface area contributed by atoms with Gasteiger partial charge in [-0.3, -0.25) is 9.89 Å². The molecule has 1 atom stereocenters. The summed E-state index contributed by atoms with van der Waals surface area (Å²) in [4.78, 5) is 7.24. The normalized spacial score (nSPS) is 16.1. The van der Waals surface area contributed by atoms with E-state index in [2.05, 4.69) is 36.3 Å². The standard InChI is InChI=1S/C17H36N4O.HI/c1-4-7-15(10-13-22)14-20-17(18-5-2)19-11-12-21(6-3)16-8-9-16;/h15-16,22H,4-14H2,1-3H3,(H2,18,19,20);1H. The predicted octanol–water partition coefficient (Wildman–Crippen LogP) is 2.44. The van der Waals surface area contributed by atoms with Crippen molar-refractivity contribution >= 4 is 29.9 Å². The Kier molecular flexibility index (Phi) is 14.2. The molecule has 1 aliphatic rings. The Morgan fingerprint density at radius 1 is 1.22 bits per heavy atom. The van der Waals surface area contributed by atoms with Crippen molar-refractivity contribution in [3.05, 3.63) is 0 Å². The number of nitrogens with one attached hydrogen (secondary N) is 2. The molecular formula is C17H37IN4O. The Morgan fingerprint density at radius 2 is 1.96 bits per heavy atom. The van der Waals surface area contributed by atoms with Gasteiger partial charge in [0.15, 0.2) is 5.96 Å². The molecule has 3 N–H and O–H groups in total. The average Bonchev–Trinajstić information content (AvgIpc) is 3.34. The zero-order valence-corrected chi connectivity index (χ0v) is 17.5. The van der Waals surface area contributed by atoms with Crippen molar-refractivity contribution in [3.63, 3.8) is 0 Å². The second-order valence-corrected chi connectivity index (χ2v) is 6.17. The molecule has 0 aromatic heterocycles. The van der Waals surface area contributed by atoms with Gasteiger partial charge in [-0.25, -0.2) is 0 Å². The average molecular weight is 440 g/mol. The van der Waals surface area contributed by atoms with Crippen molar-refractivity contribution in [2.24, 2.45) is 10.9 Å². The van der Waals surface area contributed by atoms with Crippen LogP contribution in [0.1, 0.15) is 52.9 Å². The van der Waals surface area contributed by atoms with E-state index >= 15 is 0 Å². The van der Waals surface area contributed by atoms with Crippen LogP contribution >= 0.6 is 24.0 Å². The van der Waals surface area contributed by atoms with E-state index in [4.69, 9.17) is 10.1 Å². The fraction of sp³-hybridized carbons (Fsp3) is 0.941. The number of aliphatic hydroxyl groups excluding tert-OH is 1. The molecule has 138 valence electrons. The number of hydrogen-bond acceptors (Lipinski definition) is 3. The Balaban J connectivity index is 0.00000484. The van der Waals surface area contributed by atoms with Gasteiger partial charge in [-0.2, -0.15) is 0 Å². The first-order valence-electron chi connectivity index (χ1n) is 9.12. The minimum absolute atomic E-state index is 0. The maximum absolute atomic E-state index is 9.13. The van der Waals surface area contributed by atoms with Crippen LogP contribution in [0.3, 0.4) is 0 Å². The molecule has 0 aliphatic heterocycles. The smallest absolute Gasteiger partial charge is 0.191 e. The molecule has 0 heterocycles. The maximum Gasteiger partial charge on any atom is 0.191 e. The first-order chi connectivity index (χ1) is 10.7. The topological polar surface area (TPSA) is 59.9 Å². The lowest BCUT2D eigenvalue weighted by Crippen LogP contribution is -2.42. The van der Waals surface area contributed by atoms with Crippen LogP contribution < -0.4 is 10.6 Å². The van der Waals surface area contributed by atoms with Crippen LogP contribution in [-0.2, 0) is 0 Å². The van der Waals surface area contributed by atoms with Gasteiger partial charge in [0.05, 0.1) is 0 Å². The van der Waals surface area contributed by atoms with Crippen LogP contribution in [0.2, 0.25) is 0 Å². The van der Waals surface area contributed by atoms with Crippen LogP contribution in [-0.4, -0.2) is 61.3 Å². The molecular weight excluding hydrogens is 403 g/mol. The lowest BCUT2D eigenvalue weighted by atomic mass is 10.0. The van der Waals surface area contributed by atoms with Crippen LogP contribution in [0.15, 0.2) is 4.99 Å². The second kappa shape index (κ2) is 14.3. The third-order valence-electron chi connectivity index (χ3n) is 4.25. The molecule has 0 amide bonds. The van der Waals surface area contributed by atoms with Gasteiger partial charge < -0.3 is 15.7 Å². The molecule has 0 aromatic carbocycles. The van der Waals surface area contributed by atoms with Crippen LogP contribution in [0.4, 0.5) is 0 Å². The molecule has 0 bridgehead atoms. The van der Waals surface area contributed by atoms with Gasteiger partial charge >= 0.3 is 0 Å². The summed E-state index contributed by atoms with van der Waals surface area (Å²) in [6.45, 7) is 11.6. The Bertz CT molecular complexity index is 305. The minimum atomic E-state index is 0. The first kappa shape index (κ1) is 22.9. The van der Waals surface area contributed by atoms with E-state index < -0.39 is 0 Å². The number of nitrogens with zero attached hydrogens (tertiary/aromatic N) is 2. The van der Waals surface area contributed by atoms with Crippen molar-refractivity contribution in [2.45, 2.75) is 58.9 Å². The Hall–Kier alpha value is -0.0800. The summed E-state index contributed by atoms with van der Waals surface area (Å²) in [6, 6.07) is 0.824. The molecule has 0 radical (unpaired) electrons. The molecule has 6 heteroatoms. The van der Waals surface area contributed by atoms with E-state index in [1.54, 1.807) is 0 Å². The third-order valence-corrected chi connectivity index (χ3v) is 4.25. The molecule has 23 heavy (non-hydrogen) atoms. The predicted molar refractivity (Wildman–Crippen MR) is 110 cm³/mol. The van der Waals surface area contributed by atoms with Gasteiger partial charge in [0.1, 0.15) is 0 Å². The largest absolute Gasteiger partial charge is 0.396 e. The summed E-state index contributed by atoms with van der Waals surface area (Å²) in [5.41, 5.74) is 0. The fourth-order valence-corrected chi connectivity index (χ4v) is 2.84. The lowest BCUT2D eigenvalue weighted by Gasteiger charge is -2.21. The van der Waals surface area contributed by atoms with Crippen molar-refractivity contribution in [1.82, 2.24) is 15.5 Å². The van der Waals surface area contributed by atoms with Crippen molar-refractivity contribution < 1.29 is 5.11 Å². The lowest BCUT2D eigenvalue weighted by molar-refractivity contribution is 0.253. The molecule has 1 rings (SSSR count). The highest BCUT2D eigenvalue weighted by Gasteiger charge is 2.27. The number of aliphatic hydroxyl groups is 1. The summed E-state index contributed by atoms with van der Waals surface area (Å²) in [5.74, 6) is 1.40. The Morgan fingerprint density at radius 3 is 2.48 bits per heavy atom. The zero-order chi connectivity index (χ0) is 16.2. The number of rotatable bonds is 12. The van der Waals surface area contributed by atoms with E-state index in [-0.39, 0.29) is 30.6 Å². The molecule has 1 unspecified atom stereocenters. The molecule has 0 spiro atoms. The molecule has 0 aromatic rings. The van der Waals surface area contributed by atoms with Gasteiger partial charge in [0.2, 0.25) is 0 Å². The van der Waals surface area contributed by atoms with Gasteiger partial charge in [-0.1, -0.05) is 20.3 Å². The van der Waals surface area contributed by atoms with Crippen molar-refractivity contribution in [3.8, 4) is 0 Å². The number of likely N-dealkylation sites (N-methyl/N-ethyl adjacent to an activating group) is 1. The van der Waals surface area contributed by atoms with E-state index in [9.17, 15) is 0 Å². The van der Waals surface area contributed by atoms with E-state index in [0.717, 1.165) is 64.0 Å². The SMILES string of the molecule is CCCC(CCO)CN=C(NCC)NCCN(CC)C1CC1.I. The van der Waals surface area contributed by atoms with Gasteiger partial charge in [-0.05, 0) is 45.1 Å². The second-order valence-electron chi connectivity index (χ2n) is 6.17. The van der Waals surface area contributed by atoms with E-state index in [1.165, 1.54) is 12.8 Å². The summed E-state index contributed by atoms with van der Waals surface area (Å²) in [5, 5.41) is 15.9. The summed E-state index contributed by atoms with van der Waals surface area (Å²) >= 11 is 0. The number of halogens is 1. The van der Waals surface area contributed by atoms with Crippen LogP contribution in [0.5, 0.6) is 0 Å². The maximum atomic E-state index is 9.13. The molecule has 0 saturated heterocycles. The van der Waals surface area contributed by atoms with E-state index in [1.807, 2.05) is 0 Å². The summed E-state index contributed by atoms with van der Waals surface area (Å²) in [7, 11) is 0. The number of aliphatic imine (C=N–C) groups is 1.